The number of fused-ring (bicyclic) bond motifs is 1. The minimum atomic E-state index is 0.00294. The summed E-state index contributed by atoms with van der Waals surface area (Å²) in [5.41, 5.74) is 3.69. The maximum Gasteiger partial charge on any atom is 0.214 e. The van der Waals surface area contributed by atoms with Crippen molar-refractivity contribution in [1.29, 1.82) is 0 Å². The largest absolute Gasteiger partial charge is 0.489 e. The third-order valence-electron chi connectivity index (χ3n) is 5.56. The molecule has 1 atom stereocenters. The van der Waals surface area contributed by atoms with Gasteiger partial charge in [0.2, 0.25) is 5.88 Å². The van der Waals surface area contributed by atoms with Gasteiger partial charge in [0, 0.05) is 48.7 Å². The minimum absolute atomic E-state index is 0.00294. The van der Waals surface area contributed by atoms with Gasteiger partial charge in [-0.05, 0) is 38.5 Å². The Balaban J connectivity index is 1.43. The lowest BCUT2D eigenvalue weighted by atomic mass is 10.1. The molecular weight excluding hydrogens is 446 g/mol. The molecule has 4 aromatic heterocycles. The summed E-state index contributed by atoms with van der Waals surface area (Å²) in [5.74, 6) is 3.35. The van der Waals surface area contributed by atoms with Gasteiger partial charge in [-0.2, -0.15) is 5.10 Å². The smallest absolute Gasteiger partial charge is 0.214 e. The lowest BCUT2D eigenvalue weighted by Gasteiger charge is -2.24. The SMILES string of the molecule is CCOc1cc(-c2ccn3nc(Nc4cc(C)nc(C)n4)cc3c2)c(OC[C@@H]2CNCCO2)cn1. The van der Waals surface area contributed by atoms with Crippen LogP contribution in [-0.4, -0.2) is 63.6 Å². The fourth-order valence-electron chi connectivity index (χ4n) is 4.04. The molecule has 5 rings (SSSR count). The fourth-order valence-corrected chi connectivity index (χ4v) is 4.04. The molecule has 0 spiro atoms. The van der Waals surface area contributed by atoms with E-state index in [1.54, 1.807) is 6.20 Å². The van der Waals surface area contributed by atoms with Gasteiger partial charge < -0.3 is 24.8 Å². The van der Waals surface area contributed by atoms with Gasteiger partial charge in [-0.15, -0.1) is 0 Å². The predicted molar refractivity (Wildman–Crippen MR) is 132 cm³/mol. The third kappa shape index (κ3) is 5.50. The highest BCUT2D eigenvalue weighted by atomic mass is 16.5. The van der Waals surface area contributed by atoms with Crippen molar-refractivity contribution in [2.75, 3.05) is 38.2 Å². The van der Waals surface area contributed by atoms with Crippen LogP contribution in [0.4, 0.5) is 11.6 Å². The van der Waals surface area contributed by atoms with E-state index in [1.165, 1.54) is 0 Å². The van der Waals surface area contributed by atoms with Crippen molar-refractivity contribution in [1.82, 2.24) is 29.9 Å². The molecule has 1 saturated heterocycles. The summed E-state index contributed by atoms with van der Waals surface area (Å²) in [5, 5.41) is 11.2. The summed E-state index contributed by atoms with van der Waals surface area (Å²) in [6.07, 6.45) is 3.64. The molecule has 1 fully saturated rings. The van der Waals surface area contributed by atoms with Crippen LogP contribution in [0.3, 0.4) is 0 Å². The fraction of sp³-hybridized carbons (Fsp3) is 0.360. The molecule has 4 aromatic rings. The van der Waals surface area contributed by atoms with Gasteiger partial charge in [0.05, 0.1) is 24.9 Å². The second-order valence-electron chi connectivity index (χ2n) is 8.34. The Morgan fingerprint density at radius 1 is 1.14 bits per heavy atom. The number of rotatable bonds is 8. The molecule has 182 valence electrons. The van der Waals surface area contributed by atoms with Crippen molar-refractivity contribution < 1.29 is 14.2 Å². The molecule has 0 bridgehead atoms. The number of pyridine rings is 2. The van der Waals surface area contributed by atoms with Crippen LogP contribution in [-0.2, 0) is 4.74 Å². The quantitative estimate of drug-likeness (QED) is 0.397. The maximum absolute atomic E-state index is 6.15. The van der Waals surface area contributed by atoms with E-state index in [-0.39, 0.29) is 6.10 Å². The predicted octanol–water partition coefficient (Wildman–Crippen LogP) is 3.31. The van der Waals surface area contributed by atoms with Crippen LogP contribution < -0.4 is 20.1 Å². The van der Waals surface area contributed by atoms with E-state index in [0.717, 1.165) is 35.4 Å². The van der Waals surface area contributed by atoms with E-state index in [2.05, 4.69) is 36.8 Å². The molecule has 10 heteroatoms. The molecule has 0 aromatic carbocycles. The zero-order valence-electron chi connectivity index (χ0n) is 20.1. The number of aromatic nitrogens is 5. The standard InChI is InChI=1S/C25H29N7O3/c1-4-33-25-12-21(22(14-27-25)35-15-20-13-26-6-8-34-20)18-5-7-32-19(10-18)11-24(31-32)30-23-9-16(2)28-17(3)29-23/h5,7,9-12,14,20,26H,4,6,8,13,15H2,1-3H3,(H,28,29,30,31)/t20-/m0/s1. The number of aryl methyl sites for hydroxylation is 2. The van der Waals surface area contributed by atoms with E-state index < -0.39 is 0 Å². The van der Waals surface area contributed by atoms with Crippen LogP contribution in [0.5, 0.6) is 11.6 Å². The Morgan fingerprint density at radius 3 is 2.86 bits per heavy atom. The Bertz CT molecular complexity index is 1300. The second-order valence-corrected chi connectivity index (χ2v) is 8.34. The average Bonchev–Trinajstić information content (AvgIpc) is 3.24. The number of hydrogen-bond donors (Lipinski definition) is 2. The van der Waals surface area contributed by atoms with Gasteiger partial charge in [-0.1, -0.05) is 0 Å². The first-order chi connectivity index (χ1) is 17.1. The number of nitrogens with zero attached hydrogens (tertiary/aromatic N) is 5. The number of morpholine rings is 1. The summed E-state index contributed by atoms with van der Waals surface area (Å²) in [4.78, 5) is 13.2. The summed E-state index contributed by atoms with van der Waals surface area (Å²) in [6.45, 7) is 9.04. The molecule has 1 aliphatic rings. The number of hydrogen-bond acceptors (Lipinski definition) is 9. The van der Waals surface area contributed by atoms with Gasteiger partial charge in [0.25, 0.3) is 0 Å². The highest BCUT2D eigenvalue weighted by molar-refractivity contribution is 5.75. The average molecular weight is 476 g/mol. The zero-order valence-corrected chi connectivity index (χ0v) is 20.1. The second kappa shape index (κ2) is 10.2. The van der Waals surface area contributed by atoms with Crippen molar-refractivity contribution in [2.45, 2.75) is 26.9 Å². The summed E-state index contributed by atoms with van der Waals surface area (Å²) >= 11 is 0. The first-order valence-corrected chi connectivity index (χ1v) is 11.7. The van der Waals surface area contributed by atoms with E-state index in [1.807, 2.05) is 55.7 Å². The van der Waals surface area contributed by atoms with E-state index >= 15 is 0 Å². The van der Waals surface area contributed by atoms with Gasteiger partial charge >= 0.3 is 0 Å². The zero-order chi connectivity index (χ0) is 24.2. The first kappa shape index (κ1) is 23.0. The Hall–Kier alpha value is -3.76. The monoisotopic (exact) mass is 475 g/mol. The molecule has 0 amide bonds. The highest BCUT2D eigenvalue weighted by Gasteiger charge is 2.17. The maximum atomic E-state index is 6.15. The molecule has 2 N–H and O–H groups in total. The van der Waals surface area contributed by atoms with Crippen molar-refractivity contribution in [2.24, 2.45) is 0 Å². The van der Waals surface area contributed by atoms with Crippen LogP contribution in [0.1, 0.15) is 18.4 Å². The molecule has 35 heavy (non-hydrogen) atoms. The number of ether oxygens (including phenoxy) is 3. The van der Waals surface area contributed by atoms with Crippen LogP contribution >= 0.6 is 0 Å². The van der Waals surface area contributed by atoms with Gasteiger partial charge in [-0.25, -0.2) is 19.5 Å². The minimum Gasteiger partial charge on any atom is -0.489 e. The van der Waals surface area contributed by atoms with Crippen molar-refractivity contribution in [3.8, 4) is 22.8 Å². The number of anilines is 2. The molecule has 10 nitrogen and oxygen atoms in total. The van der Waals surface area contributed by atoms with Crippen LogP contribution in [0, 0.1) is 13.8 Å². The molecule has 1 aliphatic heterocycles. The van der Waals surface area contributed by atoms with Crippen molar-refractivity contribution in [3.05, 3.63) is 54.2 Å². The normalized spacial score (nSPS) is 15.8. The molecule has 0 unspecified atom stereocenters. The van der Waals surface area contributed by atoms with Crippen molar-refractivity contribution in [3.63, 3.8) is 0 Å². The summed E-state index contributed by atoms with van der Waals surface area (Å²) < 4.78 is 19.4. The van der Waals surface area contributed by atoms with Gasteiger partial charge in [0.15, 0.2) is 5.82 Å². The lowest BCUT2D eigenvalue weighted by molar-refractivity contribution is 0.000233. The molecule has 0 radical (unpaired) electrons. The molecule has 0 aliphatic carbocycles. The van der Waals surface area contributed by atoms with Crippen LogP contribution in [0.15, 0.2) is 42.7 Å². The topological polar surface area (TPSA) is 108 Å². The number of nitrogens with one attached hydrogen (secondary N) is 2. The van der Waals surface area contributed by atoms with Crippen molar-refractivity contribution >= 4 is 17.2 Å². The highest BCUT2D eigenvalue weighted by Crippen LogP contribution is 2.33. The van der Waals surface area contributed by atoms with Gasteiger partial charge in [0.1, 0.15) is 30.1 Å². The van der Waals surface area contributed by atoms with Crippen LogP contribution in [0.2, 0.25) is 0 Å². The summed E-state index contributed by atoms with van der Waals surface area (Å²) in [7, 11) is 0. The Kier molecular flexibility index (Phi) is 6.73. The Morgan fingerprint density at radius 2 is 2.06 bits per heavy atom. The lowest BCUT2D eigenvalue weighted by Crippen LogP contribution is -2.41. The van der Waals surface area contributed by atoms with E-state index in [0.29, 0.717) is 48.9 Å². The van der Waals surface area contributed by atoms with Gasteiger partial charge in [-0.3, -0.25) is 0 Å². The van der Waals surface area contributed by atoms with E-state index in [4.69, 9.17) is 14.2 Å². The van der Waals surface area contributed by atoms with Crippen LogP contribution in [0.25, 0.3) is 16.6 Å². The molecule has 5 heterocycles. The molecule has 0 saturated carbocycles. The van der Waals surface area contributed by atoms with E-state index in [9.17, 15) is 0 Å². The summed E-state index contributed by atoms with van der Waals surface area (Å²) in [6, 6.07) is 9.84. The first-order valence-electron chi connectivity index (χ1n) is 11.7. The molecular formula is C25H29N7O3. The Labute approximate surface area is 203 Å². The third-order valence-corrected chi connectivity index (χ3v) is 5.56.